The first kappa shape index (κ1) is 12.6. The number of anilines is 1. The largest absolute Gasteiger partial charge is 0.363 e. The van der Waals surface area contributed by atoms with Gasteiger partial charge in [0.05, 0.1) is 10.6 Å². The van der Waals surface area contributed by atoms with Crippen LogP contribution in [0.1, 0.15) is 5.89 Å². The van der Waals surface area contributed by atoms with Crippen molar-refractivity contribution in [1.29, 1.82) is 0 Å². The monoisotopic (exact) mass is 311 g/mol. The van der Waals surface area contributed by atoms with Crippen molar-refractivity contribution < 1.29 is 4.52 Å². The van der Waals surface area contributed by atoms with Crippen molar-refractivity contribution >= 4 is 39.6 Å². The normalized spacial score (nSPS) is 10.8. The van der Waals surface area contributed by atoms with Crippen LogP contribution < -0.4 is 5.32 Å². The van der Waals surface area contributed by atoms with Crippen LogP contribution in [-0.4, -0.2) is 27.4 Å². The number of nitrogens with zero attached hydrogens (tertiary/aromatic N) is 4. The van der Waals surface area contributed by atoms with E-state index in [0.29, 0.717) is 17.5 Å². The van der Waals surface area contributed by atoms with E-state index in [2.05, 4.69) is 25.7 Å². The van der Waals surface area contributed by atoms with Gasteiger partial charge in [0.1, 0.15) is 0 Å². The average Bonchev–Trinajstić information content (AvgIpc) is 3.16. The molecule has 0 spiro atoms. The third-order valence-corrected chi connectivity index (χ3v) is 5.07. The maximum Gasteiger partial charge on any atom is 0.237 e. The minimum Gasteiger partial charge on any atom is -0.363 e. The second-order valence-electron chi connectivity index (χ2n) is 3.40. The summed E-state index contributed by atoms with van der Waals surface area (Å²) in [7, 11) is 1.82. The summed E-state index contributed by atoms with van der Waals surface area (Å²) in [6.45, 7) is 0. The minimum atomic E-state index is 0.592. The summed E-state index contributed by atoms with van der Waals surface area (Å²) in [5, 5.41) is 17.7. The second kappa shape index (κ2) is 5.68. The van der Waals surface area contributed by atoms with Crippen molar-refractivity contribution in [3.05, 3.63) is 23.4 Å². The molecule has 0 aliphatic rings. The summed E-state index contributed by atoms with van der Waals surface area (Å²) in [4.78, 5) is 5.36. The van der Waals surface area contributed by atoms with Crippen LogP contribution in [0.15, 0.2) is 26.4 Å². The van der Waals surface area contributed by atoms with Crippen LogP contribution in [0.2, 0.25) is 0 Å². The van der Waals surface area contributed by atoms with Gasteiger partial charge in [0, 0.05) is 7.05 Å². The highest BCUT2D eigenvalue weighted by atomic mass is 32.2. The van der Waals surface area contributed by atoms with E-state index in [-0.39, 0.29) is 0 Å². The molecular formula is C10H9N5OS3. The van der Waals surface area contributed by atoms with Gasteiger partial charge in [0.25, 0.3) is 0 Å². The standard InChI is InChI=1S/C10H9N5OS3/c1-11-9-13-14-10(19-9)18-5-7-12-8(15-16-7)6-3-2-4-17-6/h2-4H,5H2,1H3,(H,11,13). The summed E-state index contributed by atoms with van der Waals surface area (Å²) in [6.07, 6.45) is 0. The molecule has 98 valence electrons. The molecule has 0 radical (unpaired) electrons. The molecule has 19 heavy (non-hydrogen) atoms. The van der Waals surface area contributed by atoms with E-state index in [1.807, 2.05) is 24.6 Å². The topological polar surface area (TPSA) is 76.7 Å². The third-order valence-electron chi connectivity index (χ3n) is 2.15. The van der Waals surface area contributed by atoms with Crippen molar-refractivity contribution in [3.8, 4) is 10.7 Å². The molecule has 9 heteroatoms. The van der Waals surface area contributed by atoms with Gasteiger partial charge in [-0.1, -0.05) is 34.3 Å². The van der Waals surface area contributed by atoms with E-state index in [0.717, 1.165) is 14.3 Å². The SMILES string of the molecule is CNc1nnc(SCc2nc(-c3cccs3)no2)s1. The molecule has 1 N–H and O–H groups in total. The Morgan fingerprint density at radius 3 is 3.11 bits per heavy atom. The highest BCUT2D eigenvalue weighted by Crippen LogP contribution is 2.28. The first-order chi connectivity index (χ1) is 9.35. The average molecular weight is 311 g/mol. The van der Waals surface area contributed by atoms with Crippen molar-refractivity contribution in [1.82, 2.24) is 20.3 Å². The minimum absolute atomic E-state index is 0.592. The van der Waals surface area contributed by atoms with E-state index in [9.17, 15) is 0 Å². The molecule has 0 atom stereocenters. The lowest BCUT2D eigenvalue weighted by Gasteiger charge is -1.89. The van der Waals surface area contributed by atoms with Crippen LogP contribution in [0.4, 0.5) is 5.13 Å². The van der Waals surface area contributed by atoms with Crippen molar-refractivity contribution in [3.63, 3.8) is 0 Å². The smallest absolute Gasteiger partial charge is 0.237 e. The van der Waals surface area contributed by atoms with Crippen LogP contribution in [0, 0.1) is 0 Å². The summed E-state index contributed by atoms with van der Waals surface area (Å²) < 4.78 is 6.08. The molecule has 6 nitrogen and oxygen atoms in total. The molecule has 0 aliphatic heterocycles. The van der Waals surface area contributed by atoms with Gasteiger partial charge in [0.15, 0.2) is 4.34 Å². The zero-order valence-electron chi connectivity index (χ0n) is 9.86. The molecule has 0 bridgehead atoms. The maximum atomic E-state index is 5.21. The summed E-state index contributed by atoms with van der Waals surface area (Å²) in [5.74, 6) is 1.82. The van der Waals surface area contributed by atoms with E-state index < -0.39 is 0 Å². The predicted octanol–water partition coefficient (Wildman–Crippen LogP) is 2.98. The second-order valence-corrected chi connectivity index (χ2v) is 6.55. The number of hydrogen-bond donors (Lipinski definition) is 1. The number of thioether (sulfide) groups is 1. The highest BCUT2D eigenvalue weighted by molar-refractivity contribution is 8.00. The van der Waals surface area contributed by atoms with E-state index in [1.165, 1.54) is 23.1 Å². The van der Waals surface area contributed by atoms with E-state index in [4.69, 9.17) is 4.52 Å². The lowest BCUT2D eigenvalue weighted by atomic mass is 10.4. The number of hydrogen-bond acceptors (Lipinski definition) is 9. The van der Waals surface area contributed by atoms with Gasteiger partial charge >= 0.3 is 0 Å². The van der Waals surface area contributed by atoms with Crippen molar-refractivity contribution in [2.45, 2.75) is 10.1 Å². The summed E-state index contributed by atoms with van der Waals surface area (Å²) >= 11 is 4.62. The number of thiophene rings is 1. The van der Waals surface area contributed by atoms with Crippen LogP contribution in [0.3, 0.4) is 0 Å². The van der Waals surface area contributed by atoms with E-state index in [1.54, 1.807) is 11.3 Å². The van der Waals surface area contributed by atoms with Gasteiger partial charge in [-0.3, -0.25) is 0 Å². The van der Waals surface area contributed by atoms with Gasteiger partial charge in [0.2, 0.25) is 16.8 Å². The number of aromatic nitrogens is 4. The van der Waals surface area contributed by atoms with Crippen molar-refractivity contribution in [2.75, 3.05) is 12.4 Å². The first-order valence-electron chi connectivity index (χ1n) is 5.35. The van der Waals surface area contributed by atoms with Gasteiger partial charge < -0.3 is 9.84 Å². The Morgan fingerprint density at radius 2 is 2.37 bits per heavy atom. The lowest BCUT2D eigenvalue weighted by molar-refractivity contribution is 0.392. The fourth-order valence-electron chi connectivity index (χ4n) is 1.31. The number of rotatable bonds is 5. The molecule has 3 rings (SSSR count). The zero-order valence-corrected chi connectivity index (χ0v) is 12.3. The Balaban J connectivity index is 1.64. The van der Waals surface area contributed by atoms with E-state index >= 15 is 0 Å². The Bertz CT molecular complexity index is 648. The Hall–Kier alpha value is -1.45. The molecule has 0 amide bonds. The third kappa shape index (κ3) is 2.94. The van der Waals surface area contributed by atoms with Crippen LogP contribution in [0.25, 0.3) is 10.7 Å². The molecule has 0 unspecified atom stereocenters. The van der Waals surface area contributed by atoms with Crippen LogP contribution >= 0.6 is 34.4 Å². The van der Waals surface area contributed by atoms with Gasteiger partial charge in [-0.15, -0.1) is 21.5 Å². The molecule has 0 fully saturated rings. The number of nitrogens with one attached hydrogen (secondary N) is 1. The van der Waals surface area contributed by atoms with Gasteiger partial charge in [-0.25, -0.2) is 0 Å². The summed E-state index contributed by atoms with van der Waals surface area (Å²) in [6, 6.07) is 3.93. The fraction of sp³-hybridized carbons (Fsp3) is 0.200. The predicted molar refractivity (Wildman–Crippen MR) is 76.6 cm³/mol. The lowest BCUT2D eigenvalue weighted by Crippen LogP contribution is -1.84. The Kier molecular flexibility index (Phi) is 3.76. The molecule has 3 aromatic rings. The van der Waals surface area contributed by atoms with Gasteiger partial charge in [-0.2, -0.15) is 4.98 Å². The molecule has 0 aliphatic carbocycles. The molecular weight excluding hydrogens is 302 g/mol. The molecule has 3 aromatic heterocycles. The van der Waals surface area contributed by atoms with Crippen molar-refractivity contribution in [2.24, 2.45) is 0 Å². The molecule has 3 heterocycles. The Labute approximate surface area is 121 Å². The highest BCUT2D eigenvalue weighted by Gasteiger charge is 2.11. The zero-order chi connectivity index (χ0) is 13.1. The molecule has 0 saturated carbocycles. The fourth-order valence-corrected chi connectivity index (χ4v) is 3.50. The molecule has 0 saturated heterocycles. The van der Waals surface area contributed by atoms with Crippen LogP contribution in [-0.2, 0) is 5.75 Å². The van der Waals surface area contributed by atoms with Gasteiger partial charge in [-0.05, 0) is 11.4 Å². The first-order valence-corrected chi connectivity index (χ1v) is 8.04. The van der Waals surface area contributed by atoms with Crippen LogP contribution in [0.5, 0.6) is 0 Å². The quantitative estimate of drug-likeness (QED) is 0.726. The Morgan fingerprint density at radius 1 is 1.42 bits per heavy atom. The molecule has 0 aromatic carbocycles. The summed E-state index contributed by atoms with van der Waals surface area (Å²) in [5.41, 5.74) is 0. The maximum absolute atomic E-state index is 5.21.